The van der Waals surface area contributed by atoms with Gasteiger partial charge in [-0.05, 0) is 68.0 Å². The van der Waals surface area contributed by atoms with Gasteiger partial charge in [-0.15, -0.1) is 0 Å². The van der Waals surface area contributed by atoms with Crippen LogP contribution in [0.5, 0.6) is 5.75 Å². The number of carboxylic acid groups (broad SMARTS) is 1. The molecule has 3 aliphatic heterocycles. The average Bonchev–Trinajstić information content (AvgIpc) is 3.67. The molecule has 0 radical (unpaired) electrons. The number of ether oxygens (including phenoxy) is 4. The SMILES string of the molecule is CC[C@@]1(O)C(=O)OCc2c1cc1n(c2=O)Cc2c-1nc1ccccc1c2CCN(C(=O)OCc1ccc(NC(=O)[C@H](C)CC(=O)[C@@H](N)C(C)C)c(O[C@@H]2O[C@H](C(=O)O)[C@@H](O)[C@H](O)[C@H]2O)c1)C(C)C. The molecule has 8 atom stereocenters. The van der Waals surface area contributed by atoms with Crippen LogP contribution in [0.1, 0.15) is 82.2 Å². The Hall–Kier alpha value is -6.29. The summed E-state index contributed by atoms with van der Waals surface area (Å²) in [6, 6.07) is 12.2. The van der Waals surface area contributed by atoms with Crippen molar-refractivity contribution in [3.8, 4) is 17.1 Å². The predicted octanol–water partition coefficient (Wildman–Crippen LogP) is 2.46. The van der Waals surface area contributed by atoms with Gasteiger partial charge in [0, 0.05) is 41.4 Å². The highest BCUT2D eigenvalue weighted by molar-refractivity contribution is 5.97. The first kappa shape index (κ1) is 49.6. The summed E-state index contributed by atoms with van der Waals surface area (Å²) in [5.41, 5.74) is 7.47. The number of nitrogens with two attached hydrogens (primary N) is 1. The van der Waals surface area contributed by atoms with Gasteiger partial charge in [-0.25, -0.2) is 19.4 Å². The molecule has 20 nitrogen and oxygen atoms in total. The van der Waals surface area contributed by atoms with Crippen LogP contribution in [0.2, 0.25) is 0 Å². The van der Waals surface area contributed by atoms with Crippen molar-refractivity contribution >= 4 is 46.3 Å². The molecule has 2 amide bonds. The summed E-state index contributed by atoms with van der Waals surface area (Å²) in [5, 5.41) is 55.9. The Morgan fingerprint density at radius 3 is 2.40 bits per heavy atom. The van der Waals surface area contributed by atoms with Gasteiger partial charge in [-0.2, -0.15) is 0 Å². The van der Waals surface area contributed by atoms with E-state index >= 15 is 0 Å². The molecule has 7 rings (SSSR count). The van der Waals surface area contributed by atoms with Gasteiger partial charge in [0.25, 0.3) is 5.56 Å². The van der Waals surface area contributed by atoms with E-state index in [9.17, 15) is 54.3 Å². The number of hydrogen-bond acceptors (Lipinski definition) is 16. The second-order valence-electron chi connectivity index (χ2n) is 18.1. The van der Waals surface area contributed by atoms with Crippen LogP contribution in [0.4, 0.5) is 10.5 Å². The van der Waals surface area contributed by atoms with E-state index in [2.05, 4.69) is 5.32 Å². The number of fused-ring (bicyclic) bond motifs is 5. The fourth-order valence-corrected chi connectivity index (χ4v) is 8.71. The Morgan fingerprint density at radius 2 is 1.72 bits per heavy atom. The van der Waals surface area contributed by atoms with Gasteiger partial charge in [-0.3, -0.25) is 14.4 Å². The Morgan fingerprint density at radius 1 is 1.00 bits per heavy atom. The first-order valence-electron chi connectivity index (χ1n) is 22.5. The van der Waals surface area contributed by atoms with Crippen LogP contribution < -0.4 is 21.3 Å². The standard InChI is InChI=1S/C48H57N5O15/c1-7-48(64)30-18-33-37-28(19-53(33)43(59)29(30)21-65-46(48)62)26(27-10-8-9-11-31(27)50-37)14-15-52(23(4)5)47(63)66-20-25-12-13-32(51-42(58)24(6)16-34(54)36(49)22(2)3)35(17-25)67-45-40(57)38(55)39(56)41(68-45)44(60)61/h8-13,17-18,22-24,36,38-41,45,55-57,64H,7,14-16,19-21,49H2,1-6H3,(H,51,58)(H,60,61)/t24-,36+,38+,39+,40-,41+,45-,48+/m1/s1. The number of aromatic nitrogens is 2. The topological polar surface area (TPSA) is 300 Å². The van der Waals surface area contributed by atoms with Crippen molar-refractivity contribution in [2.75, 3.05) is 11.9 Å². The molecule has 4 aromatic rings. The number of cyclic esters (lactones) is 1. The molecule has 1 fully saturated rings. The average molecular weight is 944 g/mol. The number of aliphatic hydroxyl groups excluding tert-OH is 3. The minimum atomic E-state index is -2.00. The van der Waals surface area contributed by atoms with Crippen molar-refractivity contribution in [2.45, 2.75) is 129 Å². The van der Waals surface area contributed by atoms with Gasteiger partial charge in [-0.1, -0.05) is 52.0 Å². The number of anilines is 1. The van der Waals surface area contributed by atoms with E-state index in [0.717, 1.165) is 16.5 Å². The molecule has 0 bridgehead atoms. The molecule has 1 saturated heterocycles. The van der Waals surface area contributed by atoms with Gasteiger partial charge >= 0.3 is 18.0 Å². The molecule has 0 saturated carbocycles. The minimum Gasteiger partial charge on any atom is -0.479 e. The van der Waals surface area contributed by atoms with Crippen LogP contribution >= 0.6 is 0 Å². The highest BCUT2D eigenvalue weighted by Crippen LogP contribution is 2.41. The number of amides is 2. The fourth-order valence-electron chi connectivity index (χ4n) is 8.71. The van der Waals surface area contributed by atoms with Crippen molar-refractivity contribution in [3.05, 3.63) is 86.7 Å². The summed E-state index contributed by atoms with van der Waals surface area (Å²) >= 11 is 0. The zero-order chi connectivity index (χ0) is 49.5. The lowest BCUT2D eigenvalue weighted by atomic mass is 9.86. The molecule has 0 spiro atoms. The number of benzene rings is 2. The maximum absolute atomic E-state index is 14.0. The third-order valence-electron chi connectivity index (χ3n) is 12.9. The number of para-hydroxylation sites is 1. The Balaban J connectivity index is 1.12. The van der Waals surface area contributed by atoms with Crippen molar-refractivity contribution in [1.29, 1.82) is 0 Å². The molecule has 8 N–H and O–H groups in total. The third-order valence-corrected chi connectivity index (χ3v) is 12.9. The number of carboxylic acids is 1. The molecule has 3 aliphatic rings. The highest BCUT2D eigenvalue weighted by atomic mass is 16.7. The lowest BCUT2D eigenvalue weighted by Gasteiger charge is -2.38. The first-order chi connectivity index (χ1) is 32.2. The van der Waals surface area contributed by atoms with E-state index < -0.39 is 77.8 Å². The number of aliphatic hydroxyl groups is 4. The maximum Gasteiger partial charge on any atom is 0.410 e. The summed E-state index contributed by atoms with van der Waals surface area (Å²) in [7, 11) is 0. The molecule has 2 aromatic heterocycles. The smallest absolute Gasteiger partial charge is 0.410 e. The number of esters is 1. The highest BCUT2D eigenvalue weighted by Gasteiger charge is 2.49. The molecule has 2 aromatic carbocycles. The summed E-state index contributed by atoms with van der Waals surface area (Å²) in [5.74, 6) is -4.60. The Kier molecular flexibility index (Phi) is 14.4. The van der Waals surface area contributed by atoms with Crippen molar-refractivity contribution in [3.63, 3.8) is 0 Å². The van der Waals surface area contributed by atoms with Crippen LogP contribution in [0.25, 0.3) is 22.3 Å². The molecule has 68 heavy (non-hydrogen) atoms. The fraction of sp³-hybridized carbons (Fsp3) is 0.479. The number of carbonyl (C=O) groups excluding carboxylic acids is 4. The minimum absolute atomic E-state index is 0.00538. The zero-order valence-corrected chi connectivity index (χ0v) is 38.5. The largest absolute Gasteiger partial charge is 0.479 e. The van der Waals surface area contributed by atoms with Gasteiger partial charge < -0.3 is 65.0 Å². The third kappa shape index (κ3) is 9.43. The molecule has 0 unspecified atom stereocenters. The number of aliphatic carboxylic acids is 1. The van der Waals surface area contributed by atoms with E-state index in [1.54, 1.807) is 31.4 Å². The van der Waals surface area contributed by atoms with E-state index in [1.165, 1.54) is 30.0 Å². The van der Waals surface area contributed by atoms with Crippen LogP contribution in [-0.4, -0.2) is 119 Å². The predicted molar refractivity (Wildman–Crippen MR) is 242 cm³/mol. The molecule has 5 heterocycles. The number of rotatable bonds is 16. The molecule has 364 valence electrons. The van der Waals surface area contributed by atoms with Crippen molar-refractivity contribution in [2.24, 2.45) is 17.6 Å². The normalized spacial score (nSPS) is 22.7. The van der Waals surface area contributed by atoms with Crippen LogP contribution in [0.15, 0.2) is 53.3 Å². The van der Waals surface area contributed by atoms with Crippen molar-refractivity contribution in [1.82, 2.24) is 14.5 Å². The van der Waals surface area contributed by atoms with Gasteiger partial charge in [0.15, 0.2) is 17.5 Å². The van der Waals surface area contributed by atoms with E-state index in [4.69, 9.17) is 29.7 Å². The van der Waals surface area contributed by atoms with E-state index in [-0.39, 0.29) is 79.5 Å². The second-order valence-corrected chi connectivity index (χ2v) is 18.1. The Labute approximate surface area is 390 Å². The van der Waals surface area contributed by atoms with Gasteiger partial charge in [0.1, 0.15) is 37.3 Å². The summed E-state index contributed by atoms with van der Waals surface area (Å²) in [6.07, 6.45) is -10.3. The maximum atomic E-state index is 14.0. The number of ketones is 1. The second kappa shape index (κ2) is 19.7. The molecular formula is C48H57N5O15. The number of hydrogen-bond donors (Lipinski definition) is 7. The number of nitrogens with zero attached hydrogens (tertiary/aromatic N) is 3. The number of pyridine rings is 2. The zero-order valence-electron chi connectivity index (χ0n) is 38.5. The number of Topliss-reactive ketones (excluding diaryl/α,β-unsaturated/α-hetero) is 1. The molecule has 0 aliphatic carbocycles. The lowest BCUT2D eigenvalue weighted by molar-refractivity contribution is -0.271. The monoisotopic (exact) mass is 943 g/mol. The Bertz CT molecular complexity index is 2700. The van der Waals surface area contributed by atoms with Crippen LogP contribution in [0, 0.1) is 11.8 Å². The van der Waals surface area contributed by atoms with Crippen molar-refractivity contribution < 1.29 is 68.5 Å². The number of carbonyl (C=O) groups is 5. The molecular weight excluding hydrogens is 887 g/mol. The first-order valence-corrected chi connectivity index (χ1v) is 22.5. The lowest BCUT2D eigenvalue weighted by Crippen LogP contribution is -2.61. The van der Waals surface area contributed by atoms with Crippen LogP contribution in [-0.2, 0) is 65.2 Å². The number of nitrogens with one attached hydrogen (secondary N) is 1. The summed E-state index contributed by atoms with van der Waals surface area (Å²) in [4.78, 5) is 85.0. The van der Waals surface area contributed by atoms with Gasteiger partial charge in [0.05, 0.1) is 40.7 Å². The quantitative estimate of drug-likeness (QED) is 0.0699. The van der Waals surface area contributed by atoms with Crippen LogP contribution in [0.3, 0.4) is 0 Å². The summed E-state index contributed by atoms with van der Waals surface area (Å²) in [6.45, 7) is 10.1. The summed E-state index contributed by atoms with van der Waals surface area (Å²) < 4.78 is 23.8. The van der Waals surface area contributed by atoms with Gasteiger partial charge in [0.2, 0.25) is 12.2 Å². The molecule has 20 heteroatoms. The van der Waals surface area contributed by atoms with E-state index in [1.807, 2.05) is 38.1 Å². The van der Waals surface area contributed by atoms with E-state index in [0.29, 0.717) is 28.9 Å².